The zero-order valence-corrected chi connectivity index (χ0v) is 12.8. The van der Waals surface area contributed by atoms with Gasteiger partial charge in [-0.3, -0.25) is 9.78 Å². The first-order valence-electron chi connectivity index (χ1n) is 7.06. The van der Waals surface area contributed by atoms with Gasteiger partial charge in [0.1, 0.15) is 0 Å². The molecule has 1 aromatic carbocycles. The molecule has 22 heavy (non-hydrogen) atoms. The lowest BCUT2D eigenvalue weighted by Crippen LogP contribution is -1.89. The molecule has 0 fully saturated rings. The van der Waals surface area contributed by atoms with Crippen LogP contribution in [0, 0.1) is 0 Å². The number of ketones is 1. The number of hydrogen-bond acceptors (Lipinski definition) is 3. The van der Waals surface area contributed by atoms with E-state index in [0.29, 0.717) is 0 Å². The second kappa shape index (κ2) is 6.96. The summed E-state index contributed by atoms with van der Waals surface area (Å²) in [6.45, 7) is 0. The van der Waals surface area contributed by atoms with Crippen molar-refractivity contribution in [1.82, 2.24) is 4.98 Å². The third-order valence-electron chi connectivity index (χ3n) is 3.26. The van der Waals surface area contributed by atoms with Crippen molar-refractivity contribution in [2.75, 3.05) is 0 Å². The SMILES string of the molecule is O=C(/C=C/c1ccncc1)c1ccc(Cc2ccccc2)s1. The first-order valence-corrected chi connectivity index (χ1v) is 7.88. The van der Waals surface area contributed by atoms with E-state index in [4.69, 9.17) is 0 Å². The highest BCUT2D eigenvalue weighted by Crippen LogP contribution is 2.21. The van der Waals surface area contributed by atoms with E-state index >= 15 is 0 Å². The fraction of sp³-hybridized carbons (Fsp3) is 0.0526. The molecule has 0 unspecified atom stereocenters. The van der Waals surface area contributed by atoms with Gasteiger partial charge in [0, 0.05) is 23.7 Å². The van der Waals surface area contributed by atoms with Crippen LogP contribution < -0.4 is 0 Å². The van der Waals surface area contributed by atoms with E-state index in [-0.39, 0.29) is 5.78 Å². The minimum absolute atomic E-state index is 0.0427. The van der Waals surface area contributed by atoms with Gasteiger partial charge in [-0.15, -0.1) is 11.3 Å². The van der Waals surface area contributed by atoms with Gasteiger partial charge in [0.15, 0.2) is 5.78 Å². The second-order valence-corrected chi connectivity index (χ2v) is 6.07. The number of pyridine rings is 1. The zero-order valence-electron chi connectivity index (χ0n) is 12.0. The summed E-state index contributed by atoms with van der Waals surface area (Å²) in [5.41, 5.74) is 2.24. The Kier molecular flexibility index (Phi) is 4.56. The lowest BCUT2D eigenvalue weighted by molar-refractivity contribution is 0.105. The van der Waals surface area contributed by atoms with Crippen molar-refractivity contribution in [1.29, 1.82) is 0 Å². The van der Waals surface area contributed by atoms with Gasteiger partial charge >= 0.3 is 0 Å². The summed E-state index contributed by atoms with van der Waals surface area (Å²) in [5.74, 6) is 0.0427. The molecule has 108 valence electrons. The third kappa shape index (κ3) is 3.77. The fourth-order valence-electron chi connectivity index (χ4n) is 2.13. The van der Waals surface area contributed by atoms with Crippen LogP contribution in [0.5, 0.6) is 0 Å². The summed E-state index contributed by atoms with van der Waals surface area (Å²) in [6.07, 6.45) is 7.74. The van der Waals surface area contributed by atoms with Crippen molar-refractivity contribution >= 4 is 23.2 Å². The lowest BCUT2D eigenvalue weighted by Gasteiger charge is -1.97. The number of aromatic nitrogens is 1. The molecule has 0 bridgehead atoms. The maximum atomic E-state index is 12.2. The summed E-state index contributed by atoms with van der Waals surface area (Å²) >= 11 is 1.56. The van der Waals surface area contributed by atoms with Gasteiger partial charge in [0.2, 0.25) is 0 Å². The molecule has 0 aliphatic rings. The van der Waals surface area contributed by atoms with E-state index in [2.05, 4.69) is 17.1 Å². The molecule has 3 rings (SSSR count). The van der Waals surface area contributed by atoms with Crippen molar-refractivity contribution in [3.8, 4) is 0 Å². The van der Waals surface area contributed by atoms with Crippen LogP contribution in [0.1, 0.15) is 25.7 Å². The predicted molar refractivity (Wildman–Crippen MR) is 91.2 cm³/mol. The Balaban J connectivity index is 1.68. The summed E-state index contributed by atoms with van der Waals surface area (Å²) < 4.78 is 0. The number of carbonyl (C=O) groups excluding carboxylic acids is 1. The van der Waals surface area contributed by atoms with Gasteiger partial charge in [0.05, 0.1) is 4.88 Å². The molecular weight excluding hydrogens is 290 g/mol. The van der Waals surface area contributed by atoms with Gasteiger partial charge in [-0.05, 0) is 41.5 Å². The molecule has 0 radical (unpaired) electrons. The summed E-state index contributed by atoms with van der Waals surface area (Å²) in [7, 11) is 0. The molecule has 2 aromatic heterocycles. The second-order valence-electron chi connectivity index (χ2n) is 4.91. The number of thiophene rings is 1. The van der Waals surface area contributed by atoms with Crippen LogP contribution in [0.15, 0.2) is 73.1 Å². The summed E-state index contributed by atoms with van der Waals surface area (Å²) in [6, 6.07) is 18.0. The maximum Gasteiger partial charge on any atom is 0.195 e. The van der Waals surface area contributed by atoms with Gasteiger partial charge in [-0.2, -0.15) is 0 Å². The number of hydrogen-bond donors (Lipinski definition) is 0. The molecule has 0 saturated carbocycles. The first-order chi connectivity index (χ1) is 10.8. The van der Waals surface area contributed by atoms with Crippen molar-refractivity contribution in [2.45, 2.75) is 6.42 Å². The molecule has 0 aliphatic carbocycles. The molecule has 0 amide bonds. The van der Waals surface area contributed by atoms with E-state index in [0.717, 1.165) is 16.9 Å². The largest absolute Gasteiger partial charge is 0.288 e. The molecule has 0 saturated heterocycles. The van der Waals surface area contributed by atoms with E-state index in [9.17, 15) is 4.79 Å². The molecular formula is C19H15NOS. The molecule has 2 heterocycles. The Labute approximate surface area is 133 Å². The highest BCUT2D eigenvalue weighted by atomic mass is 32.1. The zero-order chi connectivity index (χ0) is 15.2. The van der Waals surface area contributed by atoms with Gasteiger partial charge in [0.25, 0.3) is 0 Å². The standard InChI is InChI=1S/C19H15NOS/c21-18(8-6-15-10-12-20-13-11-15)19-9-7-17(22-19)14-16-4-2-1-3-5-16/h1-13H,14H2/b8-6+. The quantitative estimate of drug-likeness (QED) is 0.508. The molecule has 2 nitrogen and oxygen atoms in total. The average Bonchev–Trinajstić information content (AvgIpc) is 3.03. The van der Waals surface area contributed by atoms with E-state index in [1.807, 2.05) is 48.5 Å². The van der Waals surface area contributed by atoms with Crippen LogP contribution in [0.25, 0.3) is 6.08 Å². The van der Waals surface area contributed by atoms with Crippen LogP contribution in [-0.2, 0) is 6.42 Å². The van der Waals surface area contributed by atoms with Crippen molar-refractivity contribution < 1.29 is 4.79 Å². The Morgan fingerprint density at radius 1 is 1.00 bits per heavy atom. The minimum atomic E-state index is 0.0427. The van der Waals surface area contributed by atoms with E-state index in [1.165, 1.54) is 10.4 Å². The average molecular weight is 305 g/mol. The van der Waals surface area contributed by atoms with Gasteiger partial charge in [-0.1, -0.05) is 36.4 Å². The summed E-state index contributed by atoms with van der Waals surface area (Å²) in [4.78, 5) is 18.1. The first kappa shape index (κ1) is 14.4. The number of nitrogens with zero attached hydrogens (tertiary/aromatic N) is 1. The topological polar surface area (TPSA) is 30.0 Å². The molecule has 3 aromatic rings. The predicted octanol–water partition coefficient (Wildman–Crippen LogP) is 4.63. The van der Waals surface area contributed by atoms with Crippen LogP contribution in [0.3, 0.4) is 0 Å². The summed E-state index contributed by atoms with van der Waals surface area (Å²) in [5, 5.41) is 0. The van der Waals surface area contributed by atoms with Crippen molar-refractivity contribution in [3.05, 3.63) is 93.9 Å². The molecule has 0 atom stereocenters. The van der Waals surface area contributed by atoms with E-state index in [1.54, 1.807) is 29.8 Å². The number of benzene rings is 1. The lowest BCUT2D eigenvalue weighted by atomic mass is 10.1. The number of carbonyl (C=O) groups is 1. The van der Waals surface area contributed by atoms with Crippen molar-refractivity contribution in [2.24, 2.45) is 0 Å². The smallest absolute Gasteiger partial charge is 0.195 e. The highest BCUT2D eigenvalue weighted by molar-refractivity contribution is 7.14. The van der Waals surface area contributed by atoms with Gasteiger partial charge in [-0.25, -0.2) is 0 Å². The number of rotatable bonds is 5. The highest BCUT2D eigenvalue weighted by Gasteiger charge is 2.06. The van der Waals surface area contributed by atoms with Crippen LogP contribution in [-0.4, -0.2) is 10.8 Å². The Bertz CT molecular complexity index is 775. The number of allylic oxidation sites excluding steroid dienone is 1. The maximum absolute atomic E-state index is 12.2. The van der Waals surface area contributed by atoms with Crippen LogP contribution in [0.4, 0.5) is 0 Å². The molecule has 0 N–H and O–H groups in total. The molecule has 0 spiro atoms. The molecule has 0 aliphatic heterocycles. The van der Waals surface area contributed by atoms with Crippen LogP contribution in [0.2, 0.25) is 0 Å². The van der Waals surface area contributed by atoms with Crippen LogP contribution >= 0.6 is 11.3 Å². The Morgan fingerprint density at radius 3 is 2.55 bits per heavy atom. The van der Waals surface area contributed by atoms with Gasteiger partial charge < -0.3 is 0 Å². The normalized spacial score (nSPS) is 10.9. The third-order valence-corrected chi connectivity index (χ3v) is 4.36. The van der Waals surface area contributed by atoms with E-state index < -0.39 is 0 Å². The van der Waals surface area contributed by atoms with Crippen molar-refractivity contribution in [3.63, 3.8) is 0 Å². The monoisotopic (exact) mass is 305 g/mol. The Hall–Kier alpha value is -2.52. The molecule has 3 heteroatoms. The Morgan fingerprint density at radius 2 is 1.77 bits per heavy atom. The minimum Gasteiger partial charge on any atom is -0.288 e. The fourth-order valence-corrected chi connectivity index (χ4v) is 3.09.